The van der Waals surface area contributed by atoms with E-state index in [1.165, 1.54) is 36.5 Å². The normalized spacial score (nSPS) is 11.6. The third kappa shape index (κ3) is 2.58. The zero-order valence-corrected chi connectivity index (χ0v) is 11.2. The first-order chi connectivity index (χ1) is 9.94. The van der Waals surface area contributed by atoms with Crippen molar-refractivity contribution >= 4 is 26.8 Å². The minimum absolute atomic E-state index is 0.0658. The van der Waals surface area contributed by atoms with Crippen molar-refractivity contribution in [3.05, 3.63) is 57.4 Å². The summed E-state index contributed by atoms with van der Waals surface area (Å²) < 4.78 is 31.5. The Labute approximate surface area is 117 Å². The first-order valence-corrected chi connectivity index (χ1v) is 7.27. The van der Waals surface area contributed by atoms with Crippen LogP contribution in [0.25, 0.3) is 11.1 Å². The Morgan fingerprint density at radius 2 is 1.90 bits per heavy atom. The van der Waals surface area contributed by atoms with Crippen LogP contribution in [0.1, 0.15) is 0 Å². The molecule has 0 aliphatic rings. The highest BCUT2D eigenvalue weighted by molar-refractivity contribution is 7.92. The number of aromatic nitrogens is 2. The Bertz CT molecular complexity index is 1010. The van der Waals surface area contributed by atoms with Crippen LogP contribution in [0, 0.1) is 0 Å². The van der Waals surface area contributed by atoms with E-state index in [-0.39, 0.29) is 21.7 Å². The second kappa shape index (κ2) is 4.63. The number of anilines is 1. The van der Waals surface area contributed by atoms with Gasteiger partial charge in [0.2, 0.25) is 5.56 Å². The molecule has 3 aromatic rings. The van der Waals surface area contributed by atoms with Crippen molar-refractivity contribution in [1.82, 2.24) is 9.97 Å². The molecule has 0 amide bonds. The van der Waals surface area contributed by atoms with Crippen molar-refractivity contribution in [3.8, 4) is 0 Å². The van der Waals surface area contributed by atoms with E-state index >= 15 is 0 Å². The van der Waals surface area contributed by atoms with Crippen LogP contribution in [0.15, 0.2) is 55.4 Å². The van der Waals surface area contributed by atoms with Gasteiger partial charge in [0, 0.05) is 18.3 Å². The molecule has 0 radical (unpaired) electrons. The molecule has 0 bridgehead atoms. The van der Waals surface area contributed by atoms with E-state index in [1.54, 1.807) is 0 Å². The van der Waals surface area contributed by atoms with Crippen LogP contribution in [-0.4, -0.2) is 18.4 Å². The van der Waals surface area contributed by atoms with Crippen molar-refractivity contribution in [1.29, 1.82) is 0 Å². The molecule has 2 heterocycles. The van der Waals surface area contributed by atoms with Gasteiger partial charge in [-0.3, -0.25) is 14.5 Å². The zero-order chi connectivity index (χ0) is 15.0. The van der Waals surface area contributed by atoms with Crippen LogP contribution in [0.2, 0.25) is 0 Å². The standard InChI is InChI=1S/C12H9N3O5S/c16-11-4-1-7(6-13-11)15-21(18,19)8-2-3-9-10(5-8)20-12(17)14-9/h1-6,15H,(H,13,16)(H,14,17). The van der Waals surface area contributed by atoms with Crippen LogP contribution in [0.3, 0.4) is 0 Å². The Kier molecular flexibility index (Phi) is 2.91. The zero-order valence-electron chi connectivity index (χ0n) is 10.4. The number of rotatable bonds is 3. The fourth-order valence-electron chi connectivity index (χ4n) is 1.78. The highest BCUT2D eigenvalue weighted by Crippen LogP contribution is 2.19. The second-order valence-electron chi connectivity index (χ2n) is 4.22. The number of pyridine rings is 1. The summed E-state index contributed by atoms with van der Waals surface area (Å²) in [6.45, 7) is 0. The van der Waals surface area contributed by atoms with Crippen molar-refractivity contribution in [2.75, 3.05) is 4.72 Å². The molecule has 1 aromatic carbocycles. The van der Waals surface area contributed by atoms with Crippen molar-refractivity contribution in [2.45, 2.75) is 4.90 Å². The lowest BCUT2D eigenvalue weighted by atomic mass is 10.3. The minimum atomic E-state index is -3.86. The summed E-state index contributed by atoms with van der Waals surface area (Å²) in [4.78, 5) is 26.7. The number of hydrogen-bond donors (Lipinski definition) is 3. The first kappa shape index (κ1) is 13.2. The molecule has 0 atom stereocenters. The first-order valence-electron chi connectivity index (χ1n) is 5.78. The summed E-state index contributed by atoms with van der Waals surface area (Å²) in [6.07, 6.45) is 1.24. The highest BCUT2D eigenvalue weighted by atomic mass is 32.2. The summed E-state index contributed by atoms with van der Waals surface area (Å²) in [5, 5.41) is 0. The van der Waals surface area contributed by atoms with Crippen LogP contribution in [0.4, 0.5) is 5.69 Å². The second-order valence-corrected chi connectivity index (χ2v) is 5.90. The third-order valence-electron chi connectivity index (χ3n) is 2.74. The van der Waals surface area contributed by atoms with Gasteiger partial charge >= 0.3 is 5.76 Å². The molecule has 0 aliphatic carbocycles. The maximum Gasteiger partial charge on any atom is 0.417 e. The van der Waals surface area contributed by atoms with E-state index in [9.17, 15) is 18.0 Å². The molecule has 108 valence electrons. The highest BCUT2D eigenvalue weighted by Gasteiger charge is 2.16. The fraction of sp³-hybridized carbons (Fsp3) is 0. The van der Waals surface area contributed by atoms with Crippen molar-refractivity contribution < 1.29 is 12.8 Å². The molecule has 9 heteroatoms. The molecule has 0 unspecified atom stereocenters. The van der Waals surface area contributed by atoms with E-state index in [0.717, 1.165) is 0 Å². The summed E-state index contributed by atoms with van der Waals surface area (Å²) in [5.41, 5.74) is 0.422. The molecule has 2 aromatic heterocycles. The number of sulfonamides is 1. The predicted octanol–water partition coefficient (Wildman–Crippen LogP) is 0.610. The molecule has 0 spiro atoms. The van der Waals surface area contributed by atoms with Gasteiger partial charge in [-0.15, -0.1) is 0 Å². The lowest BCUT2D eigenvalue weighted by molar-refractivity contribution is 0.554. The molecule has 0 aliphatic heterocycles. The number of benzene rings is 1. The average Bonchev–Trinajstić information content (AvgIpc) is 2.80. The van der Waals surface area contributed by atoms with E-state index in [2.05, 4.69) is 14.7 Å². The largest absolute Gasteiger partial charge is 0.417 e. The third-order valence-corrected chi connectivity index (χ3v) is 4.12. The van der Waals surface area contributed by atoms with Crippen LogP contribution < -0.4 is 16.0 Å². The Balaban J connectivity index is 2.00. The monoisotopic (exact) mass is 307 g/mol. The van der Waals surface area contributed by atoms with Gasteiger partial charge < -0.3 is 9.40 Å². The molecular formula is C12H9N3O5S. The minimum Gasteiger partial charge on any atom is -0.408 e. The molecular weight excluding hydrogens is 298 g/mol. The summed E-state index contributed by atoms with van der Waals surface area (Å²) in [7, 11) is -3.86. The van der Waals surface area contributed by atoms with E-state index in [4.69, 9.17) is 4.42 Å². The Hall–Kier alpha value is -2.81. The molecule has 0 saturated carbocycles. The van der Waals surface area contributed by atoms with Gasteiger partial charge in [-0.2, -0.15) is 0 Å². The molecule has 3 rings (SSSR count). The van der Waals surface area contributed by atoms with Gasteiger partial charge in [0.15, 0.2) is 5.58 Å². The van der Waals surface area contributed by atoms with Crippen LogP contribution in [0.5, 0.6) is 0 Å². The maximum atomic E-state index is 12.2. The molecule has 8 nitrogen and oxygen atoms in total. The van der Waals surface area contributed by atoms with E-state index in [1.807, 2.05) is 0 Å². The van der Waals surface area contributed by atoms with Gasteiger partial charge in [-0.1, -0.05) is 0 Å². The quantitative estimate of drug-likeness (QED) is 0.653. The van der Waals surface area contributed by atoms with Gasteiger partial charge in [-0.05, 0) is 18.2 Å². The number of fused-ring (bicyclic) bond motifs is 1. The summed E-state index contributed by atoms with van der Waals surface area (Å²) >= 11 is 0. The molecule has 21 heavy (non-hydrogen) atoms. The van der Waals surface area contributed by atoms with Gasteiger partial charge in [0.05, 0.1) is 16.1 Å². The number of aromatic amines is 2. The van der Waals surface area contributed by atoms with Crippen LogP contribution in [-0.2, 0) is 10.0 Å². The van der Waals surface area contributed by atoms with Gasteiger partial charge in [0.25, 0.3) is 10.0 Å². The SMILES string of the molecule is O=c1ccc(NS(=O)(=O)c2ccc3[nH]c(=O)oc3c2)c[nH]1. The number of nitrogens with one attached hydrogen (secondary N) is 3. The van der Waals surface area contributed by atoms with Crippen molar-refractivity contribution in [2.24, 2.45) is 0 Å². The van der Waals surface area contributed by atoms with Crippen LogP contribution >= 0.6 is 0 Å². The van der Waals surface area contributed by atoms with Crippen molar-refractivity contribution in [3.63, 3.8) is 0 Å². The summed E-state index contributed by atoms with van der Waals surface area (Å²) in [6, 6.07) is 6.54. The topological polar surface area (TPSA) is 125 Å². The fourth-order valence-corrected chi connectivity index (χ4v) is 2.85. The molecule has 0 fully saturated rings. The smallest absolute Gasteiger partial charge is 0.408 e. The lowest BCUT2D eigenvalue weighted by Crippen LogP contribution is -2.14. The lowest BCUT2D eigenvalue weighted by Gasteiger charge is -2.07. The number of oxazole rings is 1. The van der Waals surface area contributed by atoms with E-state index < -0.39 is 15.8 Å². The molecule has 0 saturated heterocycles. The van der Waals surface area contributed by atoms with E-state index in [0.29, 0.717) is 5.52 Å². The van der Waals surface area contributed by atoms with Gasteiger partial charge in [-0.25, -0.2) is 13.2 Å². The maximum absolute atomic E-state index is 12.2. The van der Waals surface area contributed by atoms with Gasteiger partial charge in [0.1, 0.15) is 0 Å². The summed E-state index contributed by atoms with van der Waals surface area (Å²) in [5.74, 6) is -0.659. The molecule has 3 N–H and O–H groups in total. The number of hydrogen-bond acceptors (Lipinski definition) is 5. The Morgan fingerprint density at radius 3 is 2.62 bits per heavy atom. The number of H-pyrrole nitrogens is 2. The predicted molar refractivity (Wildman–Crippen MR) is 74.7 cm³/mol. The average molecular weight is 307 g/mol. The Morgan fingerprint density at radius 1 is 1.10 bits per heavy atom.